The largest absolute Gasteiger partial charge is 0.370 e. The predicted molar refractivity (Wildman–Crippen MR) is 34.9 cm³/mol. The number of alkyl halides is 1. The molecule has 0 aromatic carbocycles. The van der Waals surface area contributed by atoms with Crippen molar-refractivity contribution in [3.05, 3.63) is 0 Å². The Morgan fingerprint density at radius 1 is 1.82 bits per heavy atom. The van der Waals surface area contributed by atoms with Crippen LogP contribution in [-0.2, 0) is 0 Å². The van der Waals surface area contributed by atoms with Crippen LogP contribution < -0.4 is 5.32 Å². The van der Waals surface area contributed by atoms with E-state index in [0.717, 1.165) is 4.90 Å². The Labute approximate surface area is 62.3 Å². The number of carbonyl (C=O) groups is 1. The second kappa shape index (κ2) is 2.46. The fourth-order valence-corrected chi connectivity index (χ4v) is 0.738. The zero-order valence-electron chi connectivity index (χ0n) is 5.84. The van der Waals surface area contributed by atoms with Gasteiger partial charge in [-0.05, 0) is 0 Å². The molecule has 1 heterocycles. The van der Waals surface area contributed by atoms with E-state index in [2.05, 4.69) is 0 Å². The van der Waals surface area contributed by atoms with Crippen molar-refractivity contribution in [1.82, 2.24) is 10.2 Å². The lowest BCUT2D eigenvalue weighted by molar-refractivity contribution is -0.000626. The Morgan fingerprint density at radius 3 is 2.91 bits per heavy atom. The fraction of sp³-hybridized carbons (Fsp3) is 0.600. The number of amidine groups is 1. The number of urea groups is 1. The number of aliphatic hydroxyl groups excluding tert-OH is 1. The SMILES string of the molecule is CN1C(=O)NC(=N)[C@H](F)[C@@H]1O. The topological polar surface area (TPSA) is 76.4 Å². The summed E-state index contributed by atoms with van der Waals surface area (Å²) < 4.78 is 12.7. The van der Waals surface area contributed by atoms with Gasteiger partial charge in [0.2, 0.25) is 6.17 Å². The lowest BCUT2D eigenvalue weighted by Crippen LogP contribution is -2.59. The van der Waals surface area contributed by atoms with Gasteiger partial charge in [-0.1, -0.05) is 0 Å². The highest BCUT2D eigenvalue weighted by Crippen LogP contribution is 2.09. The minimum Gasteiger partial charge on any atom is -0.370 e. The monoisotopic (exact) mass is 161 g/mol. The molecule has 0 unspecified atom stereocenters. The summed E-state index contributed by atoms with van der Waals surface area (Å²) in [6, 6.07) is -0.670. The first-order chi connectivity index (χ1) is 5.04. The Hall–Kier alpha value is -1.17. The second-order valence-electron chi connectivity index (χ2n) is 2.27. The number of hydrogen-bond donors (Lipinski definition) is 3. The van der Waals surface area contributed by atoms with Crippen molar-refractivity contribution in [1.29, 1.82) is 5.41 Å². The molecule has 0 saturated carbocycles. The first-order valence-electron chi connectivity index (χ1n) is 2.98. The molecule has 62 valence electrons. The van der Waals surface area contributed by atoms with Gasteiger partial charge in [-0.15, -0.1) is 0 Å². The normalized spacial score (nSPS) is 32.1. The lowest BCUT2D eigenvalue weighted by atomic mass is 10.2. The van der Waals surface area contributed by atoms with Crippen LogP contribution in [0.1, 0.15) is 0 Å². The second-order valence-corrected chi connectivity index (χ2v) is 2.27. The van der Waals surface area contributed by atoms with Crippen molar-refractivity contribution in [2.45, 2.75) is 12.4 Å². The number of hydrogen-bond acceptors (Lipinski definition) is 3. The van der Waals surface area contributed by atoms with Crippen LogP contribution in [0.5, 0.6) is 0 Å². The smallest absolute Gasteiger partial charge is 0.324 e. The summed E-state index contributed by atoms with van der Waals surface area (Å²) in [5.41, 5.74) is 0. The van der Waals surface area contributed by atoms with Gasteiger partial charge in [-0.25, -0.2) is 9.18 Å². The van der Waals surface area contributed by atoms with E-state index in [1.54, 1.807) is 0 Å². The van der Waals surface area contributed by atoms with Gasteiger partial charge >= 0.3 is 6.03 Å². The molecule has 3 N–H and O–H groups in total. The highest BCUT2D eigenvalue weighted by Gasteiger charge is 2.35. The number of rotatable bonds is 0. The Kier molecular flexibility index (Phi) is 1.77. The zero-order valence-corrected chi connectivity index (χ0v) is 5.84. The molecular weight excluding hydrogens is 153 g/mol. The molecular formula is C5H8FN3O2. The summed E-state index contributed by atoms with van der Waals surface area (Å²) in [5.74, 6) is -0.597. The van der Waals surface area contributed by atoms with Crippen LogP contribution in [0, 0.1) is 5.41 Å². The van der Waals surface area contributed by atoms with Gasteiger partial charge in [0.25, 0.3) is 0 Å². The summed E-state index contributed by atoms with van der Waals surface area (Å²) in [4.78, 5) is 11.5. The first kappa shape index (κ1) is 7.93. The fourth-order valence-electron chi connectivity index (χ4n) is 0.738. The van der Waals surface area contributed by atoms with E-state index < -0.39 is 24.3 Å². The summed E-state index contributed by atoms with van der Waals surface area (Å²) in [6.45, 7) is 0. The van der Waals surface area contributed by atoms with Crippen molar-refractivity contribution in [3.63, 3.8) is 0 Å². The van der Waals surface area contributed by atoms with E-state index in [1.165, 1.54) is 7.05 Å². The summed E-state index contributed by atoms with van der Waals surface area (Å²) >= 11 is 0. The maximum absolute atomic E-state index is 12.7. The van der Waals surface area contributed by atoms with E-state index >= 15 is 0 Å². The molecule has 2 amide bonds. The van der Waals surface area contributed by atoms with Gasteiger partial charge in [0, 0.05) is 7.05 Å². The molecule has 0 bridgehead atoms. The first-order valence-corrected chi connectivity index (χ1v) is 2.98. The van der Waals surface area contributed by atoms with Crippen LogP contribution in [0.3, 0.4) is 0 Å². The molecule has 0 aliphatic carbocycles. The van der Waals surface area contributed by atoms with Crippen LogP contribution in [0.15, 0.2) is 0 Å². The molecule has 1 aliphatic rings. The van der Waals surface area contributed by atoms with E-state index in [4.69, 9.17) is 10.5 Å². The molecule has 5 nitrogen and oxygen atoms in total. The van der Waals surface area contributed by atoms with E-state index in [-0.39, 0.29) is 0 Å². The van der Waals surface area contributed by atoms with Crippen LogP contribution in [0.2, 0.25) is 0 Å². The summed E-state index contributed by atoms with van der Waals surface area (Å²) in [5, 5.41) is 17.7. The number of nitrogens with zero attached hydrogens (tertiary/aromatic N) is 1. The Balaban J connectivity index is 2.78. The number of nitrogens with one attached hydrogen (secondary N) is 2. The third-order valence-electron chi connectivity index (χ3n) is 1.50. The molecule has 0 radical (unpaired) electrons. The van der Waals surface area contributed by atoms with Gasteiger partial charge in [-0.3, -0.25) is 15.6 Å². The molecule has 6 heteroatoms. The van der Waals surface area contributed by atoms with E-state index in [1.807, 2.05) is 5.32 Å². The molecule has 11 heavy (non-hydrogen) atoms. The molecule has 0 spiro atoms. The van der Waals surface area contributed by atoms with E-state index in [0.29, 0.717) is 0 Å². The van der Waals surface area contributed by atoms with Gasteiger partial charge in [0.15, 0.2) is 6.23 Å². The minimum absolute atomic E-state index is 0.597. The van der Waals surface area contributed by atoms with Crippen LogP contribution >= 0.6 is 0 Å². The molecule has 1 fully saturated rings. The molecule has 0 aromatic rings. The highest BCUT2D eigenvalue weighted by atomic mass is 19.1. The molecule has 1 rings (SSSR count). The van der Waals surface area contributed by atoms with Crippen molar-refractivity contribution in [3.8, 4) is 0 Å². The van der Waals surface area contributed by atoms with Gasteiger partial charge in [-0.2, -0.15) is 0 Å². The third-order valence-corrected chi connectivity index (χ3v) is 1.50. The summed E-state index contributed by atoms with van der Waals surface area (Å²) in [6.07, 6.45) is -3.38. The van der Waals surface area contributed by atoms with Crippen molar-refractivity contribution in [2.24, 2.45) is 0 Å². The quantitative estimate of drug-likeness (QED) is 0.438. The predicted octanol–water partition coefficient (Wildman–Crippen LogP) is -0.725. The van der Waals surface area contributed by atoms with Gasteiger partial charge in [0.1, 0.15) is 5.84 Å². The maximum atomic E-state index is 12.7. The number of carbonyl (C=O) groups excluding carboxylic acids is 1. The average Bonchev–Trinajstić information content (AvgIpc) is 1.97. The standard InChI is InChI=1S/C5H8FN3O2/c1-9-4(10)2(6)3(7)8-5(9)11/h2,4,10H,1H3,(H2,7,8,11)/t2-,4-/m0/s1. The van der Waals surface area contributed by atoms with Crippen molar-refractivity contribution in [2.75, 3.05) is 7.05 Å². The zero-order chi connectivity index (χ0) is 8.59. The van der Waals surface area contributed by atoms with Crippen molar-refractivity contribution >= 4 is 11.9 Å². The van der Waals surface area contributed by atoms with E-state index in [9.17, 15) is 9.18 Å². The average molecular weight is 161 g/mol. The highest BCUT2D eigenvalue weighted by molar-refractivity contribution is 6.00. The summed E-state index contributed by atoms with van der Waals surface area (Å²) in [7, 11) is 1.25. The van der Waals surface area contributed by atoms with Crippen LogP contribution in [-0.4, -0.2) is 41.3 Å². The molecule has 1 aliphatic heterocycles. The number of halogens is 1. The third kappa shape index (κ3) is 1.16. The van der Waals surface area contributed by atoms with Gasteiger partial charge < -0.3 is 5.11 Å². The maximum Gasteiger partial charge on any atom is 0.324 e. The van der Waals surface area contributed by atoms with Crippen LogP contribution in [0.4, 0.5) is 9.18 Å². The molecule has 1 saturated heterocycles. The number of aliphatic hydroxyl groups is 1. The Bertz CT molecular complexity index is 188. The minimum atomic E-state index is -1.84. The molecule has 0 aromatic heterocycles. The molecule has 2 atom stereocenters. The van der Waals surface area contributed by atoms with Crippen LogP contribution in [0.25, 0.3) is 0 Å². The van der Waals surface area contributed by atoms with Crippen molar-refractivity contribution < 1.29 is 14.3 Å². The number of amides is 2. The Morgan fingerprint density at radius 2 is 2.36 bits per heavy atom. The lowest BCUT2D eigenvalue weighted by Gasteiger charge is -2.31. The van der Waals surface area contributed by atoms with Gasteiger partial charge in [0.05, 0.1) is 0 Å².